The maximum absolute atomic E-state index is 13.0. The molecule has 0 aromatic heterocycles. The number of nitrogens with zero attached hydrogens (tertiary/aromatic N) is 2. The summed E-state index contributed by atoms with van der Waals surface area (Å²) >= 11 is 0. The third kappa shape index (κ3) is 6.01. The first-order valence-corrected chi connectivity index (χ1v) is 9.41. The molecule has 10 nitrogen and oxygen atoms in total. The second-order valence-electron chi connectivity index (χ2n) is 6.91. The van der Waals surface area contributed by atoms with Crippen molar-refractivity contribution in [1.29, 1.82) is 0 Å². The van der Waals surface area contributed by atoms with Gasteiger partial charge in [-0.15, -0.1) is 0 Å². The second-order valence-corrected chi connectivity index (χ2v) is 6.91. The van der Waals surface area contributed by atoms with E-state index in [0.29, 0.717) is 13.1 Å². The Morgan fingerprint density at radius 2 is 1.43 bits per heavy atom. The van der Waals surface area contributed by atoms with Gasteiger partial charge in [0, 0.05) is 31.9 Å². The number of anilines is 1. The molecule has 0 unspecified atom stereocenters. The maximum Gasteiger partial charge on any atom is 0.337 e. The number of carbonyl (C=O) groups is 4. The van der Waals surface area contributed by atoms with Crippen LogP contribution in [0.2, 0.25) is 0 Å². The molecule has 1 saturated heterocycles. The first-order valence-electron chi connectivity index (χ1n) is 9.41. The number of likely N-dealkylation sites (N-methyl/N-ethyl adjacent to an activating group) is 1. The molecule has 0 radical (unpaired) electrons. The van der Waals surface area contributed by atoms with Crippen LogP contribution < -0.4 is 5.32 Å². The third-order valence-corrected chi connectivity index (χ3v) is 4.91. The fraction of sp³-hybridized carbons (Fsp3) is 0.500. The quantitative estimate of drug-likeness (QED) is 0.493. The summed E-state index contributed by atoms with van der Waals surface area (Å²) in [6, 6.07) is 3.36. The van der Waals surface area contributed by atoms with Gasteiger partial charge in [-0.25, -0.2) is 9.59 Å². The van der Waals surface area contributed by atoms with Crippen LogP contribution in [0.1, 0.15) is 27.1 Å². The summed E-state index contributed by atoms with van der Waals surface area (Å²) in [6.07, 6.45) is -0.118. The summed E-state index contributed by atoms with van der Waals surface area (Å²) in [6.45, 7) is 2.74. The first-order chi connectivity index (χ1) is 14.3. The van der Waals surface area contributed by atoms with Gasteiger partial charge in [-0.1, -0.05) is 0 Å². The predicted octanol–water partition coefficient (Wildman–Crippen LogP) is 0.377. The lowest BCUT2D eigenvalue weighted by atomic mass is 10.1. The van der Waals surface area contributed by atoms with Crippen LogP contribution in [0.3, 0.4) is 0 Å². The van der Waals surface area contributed by atoms with E-state index < -0.39 is 29.9 Å². The first kappa shape index (κ1) is 23.3. The zero-order chi connectivity index (χ0) is 22.3. The van der Waals surface area contributed by atoms with Crippen LogP contribution in [0.5, 0.6) is 0 Å². The average molecular weight is 421 g/mol. The Morgan fingerprint density at radius 3 is 1.90 bits per heavy atom. The molecule has 1 aliphatic heterocycles. The van der Waals surface area contributed by atoms with Crippen molar-refractivity contribution in [2.75, 3.05) is 59.9 Å². The molecule has 1 aliphatic rings. The molecule has 1 heterocycles. The van der Waals surface area contributed by atoms with Crippen molar-refractivity contribution in [3.8, 4) is 0 Å². The van der Waals surface area contributed by atoms with E-state index >= 15 is 0 Å². The number of nitrogens with one attached hydrogen (secondary N) is 1. The lowest BCUT2D eigenvalue weighted by Gasteiger charge is -2.36. The molecule has 0 bridgehead atoms. The van der Waals surface area contributed by atoms with E-state index in [1.165, 1.54) is 39.5 Å². The fourth-order valence-corrected chi connectivity index (χ4v) is 3.16. The average Bonchev–Trinajstić information content (AvgIpc) is 2.76. The van der Waals surface area contributed by atoms with E-state index in [-0.39, 0.29) is 23.2 Å². The largest absolute Gasteiger partial charge is 0.469 e. The van der Waals surface area contributed by atoms with Crippen LogP contribution >= 0.6 is 0 Å². The van der Waals surface area contributed by atoms with Gasteiger partial charge in [-0.2, -0.15) is 0 Å². The van der Waals surface area contributed by atoms with Crippen molar-refractivity contribution in [2.45, 2.75) is 12.5 Å². The van der Waals surface area contributed by atoms with Gasteiger partial charge in [0.05, 0.1) is 38.9 Å². The molecule has 30 heavy (non-hydrogen) atoms. The minimum Gasteiger partial charge on any atom is -0.469 e. The predicted molar refractivity (Wildman–Crippen MR) is 107 cm³/mol. The van der Waals surface area contributed by atoms with Crippen molar-refractivity contribution in [2.24, 2.45) is 0 Å². The van der Waals surface area contributed by atoms with Gasteiger partial charge in [-0.05, 0) is 25.2 Å². The minimum atomic E-state index is -0.755. The minimum absolute atomic E-state index is 0.0832. The highest BCUT2D eigenvalue weighted by atomic mass is 16.5. The maximum atomic E-state index is 13.0. The van der Waals surface area contributed by atoms with Gasteiger partial charge in [-0.3, -0.25) is 14.5 Å². The van der Waals surface area contributed by atoms with Crippen molar-refractivity contribution in [3.63, 3.8) is 0 Å². The highest BCUT2D eigenvalue weighted by molar-refractivity contribution is 6.01. The van der Waals surface area contributed by atoms with E-state index in [9.17, 15) is 19.2 Å². The molecular weight excluding hydrogens is 394 g/mol. The summed E-state index contributed by atoms with van der Waals surface area (Å²) < 4.78 is 14.2. The zero-order valence-corrected chi connectivity index (χ0v) is 17.6. The monoisotopic (exact) mass is 421 g/mol. The normalized spacial score (nSPS) is 15.7. The van der Waals surface area contributed by atoms with Crippen LogP contribution in [0.4, 0.5) is 5.69 Å². The Balaban J connectivity index is 2.29. The number of rotatable bonds is 7. The number of piperazine rings is 1. The topological polar surface area (TPSA) is 114 Å². The molecular formula is C20H27N3O7. The summed E-state index contributed by atoms with van der Waals surface area (Å²) in [4.78, 5) is 52.9. The second kappa shape index (κ2) is 10.7. The lowest BCUT2D eigenvalue weighted by molar-refractivity contribution is -0.144. The Labute approximate surface area is 175 Å². The highest BCUT2D eigenvalue weighted by Gasteiger charge is 2.31. The van der Waals surface area contributed by atoms with Crippen molar-refractivity contribution >= 4 is 29.5 Å². The number of methoxy groups -OCH3 is 3. The molecule has 0 spiro atoms. The van der Waals surface area contributed by atoms with Crippen LogP contribution in [-0.2, 0) is 23.8 Å². The Morgan fingerprint density at radius 1 is 0.900 bits per heavy atom. The number of carbonyl (C=O) groups excluding carboxylic acids is 4. The Kier molecular flexibility index (Phi) is 8.31. The fourth-order valence-electron chi connectivity index (χ4n) is 3.16. The molecule has 2 rings (SSSR count). The van der Waals surface area contributed by atoms with E-state index in [1.807, 2.05) is 11.9 Å². The smallest absolute Gasteiger partial charge is 0.337 e. The van der Waals surface area contributed by atoms with E-state index in [1.54, 1.807) is 0 Å². The number of hydrogen-bond donors (Lipinski definition) is 1. The molecule has 10 heteroatoms. The van der Waals surface area contributed by atoms with E-state index in [0.717, 1.165) is 13.1 Å². The SMILES string of the molecule is COC(=O)C[C@@H](C(=O)Nc1cc(C(=O)OC)cc(C(=O)OC)c1)N1CCN(C)CC1. The van der Waals surface area contributed by atoms with Crippen LogP contribution in [-0.4, -0.2) is 94.2 Å². The Hall–Kier alpha value is -2.98. The Bertz CT molecular complexity index is 769. The summed E-state index contributed by atoms with van der Waals surface area (Å²) in [5.74, 6) is -2.28. The van der Waals surface area contributed by atoms with Gasteiger partial charge >= 0.3 is 17.9 Å². The summed E-state index contributed by atoms with van der Waals surface area (Å²) in [5.41, 5.74) is 0.381. The number of ether oxygens (including phenoxy) is 3. The van der Waals surface area contributed by atoms with Gasteiger partial charge in [0.15, 0.2) is 0 Å². The van der Waals surface area contributed by atoms with E-state index in [4.69, 9.17) is 14.2 Å². The molecule has 1 fully saturated rings. The lowest BCUT2D eigenvalue weighted by Crippen LogP contribution is -2.53. The number of amides is 1. The number of benzene rings is 1. The van der Waals surface area contributed by atoms with Gasteiger partial charge < -0.3 is 24.4 Å². The number of hydrogen-bond acceptors (Lipinski definition) is 9. The van der Waals surface area contributed by atoms with Crippen molar-refractivity contribution in [3.05, 3.63) is 29.3 Å². The van der Waals surface area contributed by atoms with Gasteiger partial charge in [0.25, 0.3) is 0 Å². The summed E-state index contributed by atoms with van der Waals surface area (Å²) in [7, 11) is 5.68. The zero-order valence-electron chi connectivity index (χ0n) is 17.6. The number of esters is 3. The van der Waals surface area contributed by atoms with E-state index in [2.05, 4.69) is 10.2 Å². The van der Waals surface area contributed by atoms with Crippen molar-refractivity contribution < 1.29 is 33.4 Å². The van der Waals surface area contributed by atoms with Crippen LogP contribution in [0, 0.1) is 0 Å². The molecule has 0 saturated carbocycles. The third-order valence-electron chi connectivity index (χ3n) is 4.91. The summed E-state index contributed by atoms with van der Waals surface area (Å²) in [5, 5.41) is 2.70. The molecule has 164 valence electrons. The molecule has 1 aromatic rings. The molecule has 1 atom stereocenters. The van der Waals surface area contributed by atoms with Crippen molar-refractivity contribution in [1.82, 2.24) is 9.80 Å². The standard InChI is InChI=1S/C20H27N3O7/c1-22-5-7-23(8-6-22)16(12-17(24)28-2)18(25)21-15-10-13(19(26)29-3)9-14(11-15)20(27)30-4/h9-11,16H,5-8,12H2,1-4H3,(H,21,25)/t16-/m0/s1. The van der Waals surface area contributed by atoms with Gasteiger partial charge in [0.2, 0.25) is 5.91 Å². The molecule has 1 amide bonds. The molecule has 1 N–H and O–H groups in total. The van der Waals surface area contributed by atoms with Crippen LogP contribution in [0.15, 0.2) is 18.2 Å². The molecule has 1 aromatic carbocycles. The van der Waals surface area contributed by atoms with Crippen LogP contribution in [0.25, 0.3) is 0 Å². The highest BCUT2D eigenvalue weighted by Crippen LogP contribution is 2.19. The molecule has 0 aliphatic carbocycles. The van der Waals surface area contributed by atoms with Gasteiger partial charge in [0.1, 0.15) is 6.04 Å².